The van der Waals surface area contributed by atoms with Gasteiger partial charge in [0, 0.05) is 50.2 Å². The summed E-state index contributed by atoms with van der Waals surface area (Å²) in [5, 5.41) is 7.12. The fourth-order valence-electron chi connectivity index (χ4n) is 6.17. The number of nitrogens with zero attached hydrogens (tertiary/aromatic N) is 3. The van der Waals surface area contributed by atoms with E-state index in [1.807, 2.05) is 16.8 Å². The molecule has 3 fully saturated rings. The highest BCUT2D eigenvalue weighted by molar-refractivity contribution is 5.94. The second-order valence-corrected chi connectivity index (χ2v) is 11.9. The maximum Gasteiger partial charge on any atom is 0.490 e. The summed E-state index contributed by atoms with van der Waals surface area (Å²) in [6.45, 7) is 3.61. The van der Waals surface area contributed by atoms with Gasteiger partial charge in [0.1, 0.15) is 0 Å². The van der Waals surface area contributed by atoms with Crippen molar-refractivity contribution in [3.63, 3.8) is 0 Å². The number of carboxylic acids is 1. The molecule has 1 unspecified atom stereocenters. The monoisotopic (exact) mass is 641 g/mol. The number of rotatable bonds is 5. The first-order chi connectivity index (χ1) is 21.1. The van der Waals surface area contributed by atoms with Crippen molar-refractivity contribution in [2.45, 2.75) is 63.3 Å². The summed E-state index contributed by atoms with van der Waals surface area (Å²) in [5.74, 6) is -3.20. The van der Waals surface area contributed by atoms with E-state index in [9.17, 15) is 35.9 Å². The molecule has 2 aliphatic heterocycles. The van der Waals surface area contributed by atoms with Crippen LogP contribution in [0.3, 0.4) is 0 Å². The summed E-state index contributed by atoms with van der Waals surface area (Å²) in [4.78, 5) is 40.7. The van der Waals surface area contributed by atoms with E-state index in [2.05, 4.69) is 4.90 Å². The Bertz CT molecular complexity index is 1350. The fourth-order valence-corrected chi connectivity index (χ4v) is 6.17. The van der Waals surface area contributed by atoms with Crippen LogP contribution in [0.15, 0.2) is 42.5 Å². The van der Waals surface area contributed by atoms with E-state index in [0.717, 1.165) is 38.8 Å². The largest absolute Gasteiger partial charge is 0.490 e. The zero-order valence-corrected chi connectivity index (χ0v) is 25.0. The lowest BCUT2D eigenvalue weighted by Crippen LogP contribution is -2.47. The van der Waals surface area contributed by atoms with Gasteiger partial charge in [-0.2, -0.15) is 26.3 Å². The van der Waals surface area contributed by atoms with E-state index in [1.54, 1.807) is 30.3 Å². The second kappa shape index (κ2) is 14.2. The Labute approximate surface area is 257 Å². The molecule has 2 aromatic carbocycles. The molecule has 0 bridgehead atoms. The standard InChI is InChI=1S/C30H36F3N3O2.C2HF3O2/c1-34-15-17-35(18-16-34)28(37)22-9-7-21(8-10-22)23-11-12-24(27(20-23)30(31,32)33)19-25-13-14-36(29(25)38)26-5-3-2-4-6-26;3-2(4,5)1(6)7/h7-12,20,25-26H,2-6,13-19H2,1H3;(H,6,7). The number of carboxylic acid groups (broad SMARTS) is 1. The molecule has 2 saturated heterocycles. The molecule has 0 radical (unpaired) electrons. The highest BCUT2D eigenvalue weighted by atomic mass is 19.4. The number of piperazine rings is 1. The smallest absolute Gasteiger partial charge is 0.475 e. The maximum atomic E-state index is 14.1. The summed E-state index contributed by atoms with van der Waals surface area (Å²) in [5.41, 5.74) is 1.09. The SMILES string of the molecule is CN1CCN(C(=O)c2ccc(-c3ccc(CC4CCN(C5CCCCC5)C4=O)c(C(F)(F)F)c3)cc2)CC1.O=C(O)C(F)(F)F. The van der Waals surface area contributed by atoms with Crippen LogP contribution < -0.4 is 0 Å². The molecule has 1 aliphatic carbocycles. The molecule has 13 heteroatoms. The molecule has 2 heterocycles. The number of hydrogen-bond donors (Lipinski definition) is 1. The second-order valence-electron chi connectivity index (χ2n) is 11.9. The normalized spacial score (nSPS) is 20.2. The molecule has 3 aliphatic rings. The van der Waals surface area contributed by atoms with Crippen molar-refractivity contribution in [3.8, 4) is 11.1 Å². The fraction of sp³-hybridized carbons (Fsp3) is 0.531. The minimum atomic E-state index is -5.08. The van der Waals surface area contributed by atoms with Crippen molar-refractivity contribution in [2.75, 3.05) is 39.8 Å². The lowest BCUT2D eigenvalue weighted by Gasteiger charge is -2.32. The lowest BCUT2D eigenvalue weighted by atomic mass is 9.91. The number of alkyl halides is 6. The molecule has 2 amide bonds. The number of halogens is 6. The van der Waals surface area contributed by atoms with Gasteiger partial charge in [-0.05, 0) is 67.6 Å². The minimum absolute atomic E-state index is 0.00899. The molecule has 1 atom stereocenters. The van der Waals surface area contributed by atoms with Crippen LogP contribution in [-0.4, -0.2) is 89.6 Å². The lowest BCUT2D eigenvalue weighted by molar-refractivity contribution is -0.192. The molecular weight excluding hydrogens is 604 g/mol. The maximum absolute atomic E-state index is 14.1. The summed E-state index contributed by atoms with van der Waals surface area (Å²) >= 11 is 0. The van der Waals surface area contributed by atoms with Gasteiger partial charge in [0.25, 0.3) is 5.91 Å². The number of carbonyl (C=O) groups excluding carboxylic acids is 2. The first-order valence-corrected chi connectivity index (χ1v) is 15.0. The molecule has 45 heavy (non-hydrogen) atoms. The Hall–Kier alpha value is -3.61. The van der Waals surface area contributed by atoms with E-state index in [0.29, 0.717) is 42.7 Å². The molecule has 0 spiro atoms. The van der Waals surface area contributed by atoms with Crippen LogP contribution in [0.4, 0.5) is 26.3 Å². The van der Waals surface area contributed by atoms with Crippen LogP contribution in [-0.2, 0) is 22.2 Å². The van der Waals surface area contributed by atoms with Gasteiger partial charge in [-0.15, -0.1) is 0 Å². The van der Waals surface area contributed by atoms with Gasteiger partial charge in [-0.1, -0.05) is 43.5 Å². The Morgan fingerprint density at radius 2 is 1.40 bits per heavy atom. The number of aliphatic carboxylic acids is 1. The quantitative estimate of drug-likeness (QED) is 0.399. The van der Waals surface area contributed by atoms with E-state index < -0.39 is 29.8 Å². The Kier molecular flexibility index (Phi) is 10.8. The van der Waals surface area contributed by atoms with Gasteiger partial charge in [0.05, 0.1) is 5.56 Å². The van der Waals surface area contributed by atoms with Gasteiger partial charge in [0.2, 0.25) is 5.91 Å². The van der Waals surface area contributed by atoms with Crippen LogP contribution in [0, 0.1) is 5.92 Å². The summed E-state index contributed by atoms with van der Waals surface area (Å²) < 4.78 is 74.1. The number of benzene rings is 2. The number of hydrogen-bond acceptors (Lipinski definition) is 4. The van der Waals surface area contributed by atoms with Gasteiger partial charge in [-0.25, -0.2) is 4.79 Å². The molecule has 2 aromatic rings. The topological polar surface area (TPSA) is 81.2 Å². The number of likely N-dealkylation sites (N-methyl/N-ethyl adjacent to an activating group) is 1. The Morgan fingerprint density at radius 1 is 0.822 bits per heavy atom. The van der Waals surface area contributed by atoms with Gasteiger partial charge < -0.3 is 19.8 Å². The predicted octanol–water partition coefficient (Wildman–Crippen LogP) is 6.12. The zero-order valence-electron chi connectivity index (χ0n) is 25.0. The molecule has 7 nitrogen and oxygen atoms in total. The number of amides is 2. The third-order valence-corrected chi connectivity index (χ3v) is 8.75. The third kappa shape index (κ3) is 8.77. The first kappa shape index (κ1) is 34.3. The van der Waals surface area contributed by atoms with E-state index >= 15 is 0 Å². The average Bonchev–Trinajstić information content (AvgIpc) is 3.36. The van der Waals surface area contributed by atoms with E-state index in [4.69, 9.17) is 9.90 Å². The summed E-state index contributed by atoms with van der Waals surface area (Å²) in [6, 6.07) is 11.4. The minimum Gasteiger partial charge on any atom is -0.475 e. The zero-order chi connectivity index (χ0) is 32.9. The Balaban J connectivity index is 0.000000591. The first-order valence-electron chi connectivity index (χ1n) is 15.0. The van der Waals surface area contributed by atoms with Crippen molar-refractivity contribution in [2.24, 2.45) is 5.92 Å². The molecular formula is C32H37F6N3O4. The molecule has 5 rings (SSSR count). The van der Waals surface area contributed by atoms with Crippen LogP contribution >= 0.6 is 0 Å². The third-order valence-electron chi connectivity index (χ3n) is 8.75. The van der Waals surface area contributed by atoms with Crippen LogP contribution in [0.25, 0.3) is 11.1 Å². The van der Waals surface area contributed by atoms with E-state index in [1.165, 1.54) is 18.6 Å². The summed E-state index contributed by atoms with van der Waals surface area (Å²) in [7, 11) is 2.02. The summed E-state index contributed by atoms with van der Waals surface area (Å²) in [6.07, 6.45) is -3.46. The van der Waals surface area contributed by atoms with Crippen molar-refractivity contribution < 1.29 is 45.8 Å². The van der Waals surface area contributed by atoms with Gasteiger partial charge in [0.15, 0.2) is 0 Å². The number of likely N-dealkylation sites (tertiary alicyclic amines) is 1. The van der Waals surface area contributed by atoms with Crippen LogP contribution in [0.1, 0.15) is 60.0 Å². The number of carbonyl (C=O) groups is 3. The molecule has 1 saturated carbocycles. The highest BCUT2D eigenvalue weighted by Crippen LogP contribution is 2.38. The molecule has 1 N–H and O–H groups in total. The molecule has 0 aromatic heterocycles. The van der Waals surface area contributed by atoms with Gasteiger partial charge >= 0.3 is 18.3 Å². The predicted molar refractivity (Wildman–Crippen MR) is 154 cm³/mol. The van der Waals surface area contributed by atoms with Crippen molar-refractivity contribution in [1.82, 2.24) is 14.7 Å². The van der Waals surface area contributed by atoms with Gasteiger partial charge in [-0.3, -0.25) is 9.59 Å². The van der Waals surface area contributed by atoms with Crippen LogP contribution in [0.2, 0.25) is 0 Å². The Morgan fingerprint density at radius 3 is 1.96 bits per heavy atom. The highest BCUT2D eigenvalue weighted by Gasteiger charge is 2.40. The molecule has 246 valence electrons. The van der Waals surface area contributed by atoms with Crippen molar-refractivity contribution >= 4 is 17.8 Å². The van der Waals surface area contributed by atoms with Crippen molar-refractivity contribution in [3.05, 3.63) is 59.2 Å². The van der Waals surface area contributed by atoms with Crippen LogP contribution in [0.5, 0.6) is 0 Å². The van der Waals surface area contributed by atoms with Crippen molar-refractivity contribution in [1.29, 1.82) is 0 Å². The van der Waals surface area contributed by atoms with E-state index in [-0.39, 0.29) is 29.8 Å². The average molecular weight is 642 g/mol.